The normalized spacial score (nSPS) is 12.2. The zero-order valence-corrected chi connectivity index (χ0v) is 45.6. The molecule has 1 atom stereocenters. The summed E-state index contributed by atoms with van der Waals surface area (Å²) in [6.45, 7) is 6.64. The minimum atomic E-state index is -0.776. The zero-order valence-electron chi connectivity index (χ0n) is 45.6. The maximum absolute atomic E-state index is 12.9. The lowest BCUT2D eigenvalue weighted by atomic mass is 10.0. The van der Waals surface area contributed by atoms with Crippen molar-refractivity contribution in [1.82, 2.24) is 0 Å². The molecule has 6 nitrogen and oxygen atoms in total. The molecule has 0 N–H and O–H groups in total. The molecular formula is C62H114O6. The molecule has 6 heteroatoms. The van der Waals surface area contributed by atoms with E-state index in [-0.39, 0.29) is 31.1 Å². The van der Waals surface area contributed by atoms with Crippen molar-refractivity contribution in [2.45, 2.75) is 329 Å². The molecule has 0 bridgehead atoms. The molecule has 0 saturated carbocycles. The predicted molar refractivity (Wildman–Crippen MR) is 293 cm³/mol. The van der Waals surface area contributed by atoms with Crippen LogP contribution in [-0.4, -0.2) is 37.2 Å². The Labute approximate surface area is 423 Å². The highest BCUT2D eigenvalue weighted by Gasteiger charge is 2.19. The first-order valence-corrected chi connectivity index (χ1v) is 30.0. The van der Waals surface area contributed by atoms with Gasteiger partial charge in [0.1, 0.15) is 13.2 Å². The molecule has 0 aromatic heterocycles. The summed E-state index contributed by atoms with van der Waals surface area (Å²) in [4.78, 5) is 38.2. The van der Waals surface area contributed by atoms with E-state index in [1.165, 1.54) is 212 Å². The largest absolute Gasteiger partial charge is 0.462 e. The van der Waals surface area contributed by atoms with Gasteiger partial charge in [-0.15, -0.1) is 0 Å². The van der Waals surface area contributed by atoms with Crippen LogP contribution in [0.1, 0.15) is 323 Å². The van der Waals surface area contributed by atoms with Crippen molar-refractivity contribution in [2.24, 2.45) is 0 Å². The van der Waals surface area contributed by atoms with Crippen molar-refractivity contribution >= 4 is 17.9 Å². The molecule has 0 aromatic carbocycles. The van der Waals surface area contributed by atoms with Crippen molar-refractivity contribution in [1.29, 1.82) is 0 Å². The summed E-state index contributed by atoms with van der Waals surface area (Å²) in [5.41, 5.74) is 0. The van der Waals surface area contributed by atoms with Crippen molar-refractivity contribution in [3.8, 4) is 0 Å². The third kappa shape index (κ3) is 54.6. The lowest BCUT2D eigenvalue weighted by molar-refractivity contribution is -0.167. The van der Waals surface area contributed by atoms with Crippen LogP contribution in [0.3, 0.4) is 0 Å². The van der Waals surface area contributed by atoms with E-state index in [2.05, 4.69) is 57.2 Å². The molecule has 0 saturated heterocycles. The Morgan fingerprint density at radius 1 is 0.294 bits per heavy atom. The highest BCUT2D eigenvalue weighted by atomic mass is 16.6. The number of esters is 3. The van der Waals surface area contributed by atoms with Gasteiger partial charge in [0.05, 0.1) is 0 Å². The Hall–Kier alpha value is -2.37. The lowest BCUT2D eigenvalue weighted by Crippen LogP contribution is -2.30. The van der Waals surface area contributed by atoms with Gasteiger partial charge in [0.25, 0.3) is 0 Å². The molecule has 0 fully saturated rings. The number of unbranched alkanes of at least 4 members (excludes halogenated alkanes) is 39. The third-order valence-corrected chi connectivity index (χ3v) is 13.4. The minimum Gasteiger partial charge on any atom is -0.462 e. The summed E-state index contributed by atoms with van der Waals surface area (Å²) in [7, 11) is 0. The summed E-state index contributed by atoms with van der Waals surface area (Å²) >= 11 is 0. The zero-order chi connectivity index (χ0) is 49.3. The maximum atomic E-state index is 12.9. The maximum Gasteiger partial charge on any atom is 0.306 e. The van der Waals surface area contributed by atoms with Crippen LogP contribution < -0.4 is 0 Å². The van der Waals surface area contributed by atoms with Gasteiger partial charge >= 0.3 is 17.9 Å². The Morgan fingerprint density at radius 3 is 0.868 bits per heavy atom. The van der Waals surface area contributed by atoms with E-state index in [0.717, 1.165) is 70.6 Å². The lowest BCUT2D eigenvalue weighted by Gasteiger charge is -2.18. The fourth-order valence-corrected chi connectivity index (χ4v) is 8.84. The standard InChI is InChI=1S/C62H114O6/c1-4-7-10-13-16-19-22-25-27-29-31-33-34-37-40-43-46-49-52-55-61(64)67-58-59(57-66-60(63)54-51-48-45-42-39-36-24-21-18-15-12-9-6-3)68-62(65)56-53-50-47-44-41-38-35-32-30-28-26-23-20-17-14-11-8-5-2/h16,19,22,25,36,39,59H,4-15,17-18,20-21,23-24,26-35,37-38,40-58H2,1-3H3/b19-16-,25-22-,39-36-. The van der Waals surface area contributed by atoms with Gasteiger partial charge in [-0.3, -0.25) is 14.4 Å². The highest BCUT2D eigenvalue weighted by molar-refractivity contribution is 5.71. The number of carbonyl (C=O) groups is 3. The van der Waals surface area contributed by atoms with Crippen LogP contribution in [-0.2, 0) is 28.6 Å². The van der Waals surface area contributed by atoms with Gasteiger partial charge in [0.15, 0.2) is 6.10 Å². The summed E-state index contributed by atoms with van der Waals surface area (Å²) in [6.07, 6.45) is 68.5. The summed E-state index contributed by atoms with van der Waals surface area (Å²) in [5.74, 6) is -0.875. The topological polar surface area (TPSA) is 78.9 Å². The third-order valence-electron chi connectivity index (χ3n) is 13.4. The molecule has 68 heavy (non-hydrogen) atoms. The van der Waals surface area contributed by atoms with E-state index < -0.39 is 6.10 Å². The first-order valence-electron chi connectivity index (χ1n) is 30.0. The second-order valence-corrected chi connectivity index (χ2v) is 20.3. The predicted octanol–water partition coefficient (Wildman–Crippen LogP) is 20.0. The van der Waals surface area contributed by atoms with Crippen LogP contribution in [0.4, 0.5) is 0 Å². The van der Waals surface area contributed by atoms with Crippen LogP contribution in [0.15, 0.2) is 36.5 Å². The van der Waals surface area contributed by atoms with Crippen molar-refractivity contribution in [3.63, 3.8) is 0 Å². The fraction of sp³-hybridized carbons (Fsp3) is 0.855. The average molecular weight is 956 g/mol. The molecule has 0 amide bonds. The van der Waals surface area contributed by atoms with Crippen LogP contribution in [0.2, 0.25) is 0 Å². The molecule has 0 aliphatic rings. The van der Waals surface area contributed by atoms with Gasteiger partial charge in [-0.2, -0.15) is 0 Å². The number of hydrogen-bond donors (Lipinski definition) is 0. The second kappa shape index (κ2) is 57.2. The molecule has 0 radical (unpaired) electrons. The average Bonchev–Trinajstić information content (AvgIpc) is 3.34. The first-order chi connectivity index (χ1) is 33.5. The second-order valence-electron chi connectivity index (χ2n) is 20.3. The molecule has 0 rings (SSSR count). The Kier molecular flexibility index (Phi) is 55.2. The summed E-state index contributed by atoms with van der Waals surface area (Å²) < 4.78 is 16.9. The molecule has 0 spiro atoms. The molecule has 0 aliphatic heterocycles. The van der Waals surface area contributed by atoms with Crippen molar-refractivity contribution < 1.29 is 28.6 Å². The van der Waals surface area contributed by atoms with Crippen LogP contribution >= 0.6 is 0 Å². The smallest absolute Gasteiger partial charge is 0.306 e. The molecule has 0 heterocycles. The molecule has 0 aliphatic carbocycles. The van der Waals surface area contributed by atoms with Gasteiger partial charge in [0, 0.05) is 19.3 Å². The number of carbonyl (C=O) groups excluding carboxylic acids is 3. The highest BCUT2D eigenvalue weighted by Crippen LogP contribution is 2.17. The van der Waals surface area contributed by atoms with E-state index in [9.17, 15) is 14.4 Å². The van der Waals surface area contributed by atoms with Crippen LogP contribution in [0.5, 0.6) is 0 Å². The van der Waals surface area contributed by atoms with E-state index in [1.807, 2.05) is 0 Å². The van der Waals surface area contributed by atoms with E-state index in [1.54, 1.807) is 0 Å². The van der Waals surface area contributed by atoms with Crippen LogP contribution in [0, 0.1) is 0 Å². The van der Waals surface area contributed by atoms with Crippen LogP contribution in [0.25, 0.3) is 0 Å². The van der Waals surface area contributed by atoms with Gasteiger partial charge in [-0.1, -0.05) is 269 Å². The monoisotopic (exact) mass is 955 g/mol. The van der Waals surface area contributed by atoms with Crippen molar-refractivity contribution in [2.75, 3.05) is 13.2 Å². The first kappa shape index (κ1) is 65.6. The molecule has 0 aromatic rings. The number of ether oxygens (including phenoxy) is 3. The molecule has 1 unspecified atom stereocenters. The quantitative estimate of drug-likeness (QED) is 0.0199. The van der Waals surface area contributed by atoms with E-state index in [4.69, 9.17) is 14.2 Å². The van der Waals surface area contributed by atoms with Gasteiger partial charge in [0.2, 0.25) is 0 Å². The number of hydrogen-bond acceptors (Lipinski definition) is 6. The number of rotatable bonds is 55. The minimum absolute atomic E-state index is 0.0749. The Balaban J connectivity index is 4.33. The van der Waals surface area contributed by atoms with Gasteiger partial charge < -0.3 is 14.2 Å². The van der Waals surface area contributed by atoms with Crippen molar-refractivity contribution in [3.05, 3.63) is 36.5 Å². The fourth-order valence-electron chi connectivity index (χ4n) is 8.84. The summed E-state index contributed by atoms with van der Waals surface area (Å²) in [6, 6.07) is 0. The van der Waals surface area contributed by atoms with E-state index in [0.29, 0.717) is 19.3 Å². The Bertz CT molecular complexity index is 1140. The Morgan fingerprint density at radius 2 is 0.529 bits per heavy atom. The van der Waals surface area contributed by atoms with E-state index >= 15 is 0 Å². The summed E-state index contributed by atoms with van der Waals surface area (Å²) in [5, 5.41) is 0. The molecule has 398 valence electrons. The number of allylic oxidation sites excluding steroid dienone is 6. The molecular weight excluding hydrogens is 841 g/mol. The van der Waals surface area contributed by atoms with Gasteiger partial charge in [-0.05, 0) is 70.6 Å². The SMILES string of the molecule is CCCCC/C=C\C=C/CCCCCCCCCCCCC(=O)OCC(COC(=O)CCCCC/C=C\CCCCCCCC)OC(=O)CCCCCCCCCCCCCCCCCCCC. The van der Waals surface area contributed by atoms with Gasteiger partial charge in [-0.25, -0.2) is 0 Å².